The lowest BCUT2D eigenvalue weighted by Gasteiger charge is -2.29. The summed E-state index contributed by atoms with van der Waals surface area (Å²) in [6, 6.07) is 14.8. The van der Waals surface area contributed by atoms with Crippen molar-refractivity contribution < 1.29 is 14.3 Å². The highest BCUT2D eigenvalue weighted by atomic mass is 16.5. The van der Waals surface area contributed by atoms with Gasteiger partial charge in [0, 0.05) is 29.9 Å². The molecule has 4 rings (SSSR count). The third kappa shape index (κ3) is 2.35. The second kappa shape index (κ2) is 5.63. The number of carbonyl (C=O) groups is 2. The first-order valence-corrected chi connectivity index (χ1v) is 7.86. The van der Waals surface area contributed by atoms with Crippen molar-refractivity contribution in [2.45, 2.75) is 5.92 Å². The molecule has 0 saturated carbocycles. The summed E-state index contributed by atoms with van der Waals surface area (Å²) < 4.78 is 5.36. The molecule has 4 heteroatoms. The fourth-order valence-corrected chi connectivity index (χ4v) is 3.34. The van der Waals surface area contributed by atoms with Crippen molar-refractivity contribution >= 4 is 17.3 Å². The number of nitrogens with zero attached hydrogens (tertiary/aromatic N) is 1. The normalized spacial score (nSPS) is 18.3. The number of ketones is 2. The quantitative estimate of drug-likeness (QED) is 0.800. The standard InChI is InChI=1S/C19H17NO3/c21-18-15-3-1-2-4-16(15)19(22)17(18)13-5-7-14(8-6-13)20-9-11-23-12-10-20/h1-8,17H,9-12H2. The van der Waals surface area contributed by atoms with Crippen molar-refractivity contribution in [3.8, 4) is 0 Å². The first-order chi connectivity index (χ1) is 11.3. The van der Waals surface area contributed by atoms with Crippen LogP contribution in [0.25, 0.3) is 0 Å². The van der Waals surface area contributed by atoms with E-state index in [-0.39, 0.29) is 11.6 Å². The van der Waals surface area contributed by atoms with Crippen LogP contribution in [0.5, 0.6) is 0 Å². The van der Waals surface area contributed by atoms with E-state index in [0.717, 1.165) is 37.6 Å². The van der Waals surface area contributed by atoms with Gasteiger partial charge in [-0.05, 0) is 17.7 Å². The summed E-state index contributed by atoms with van der Waals surface area (Å²) >= 11 is 0. The molecule has 0 N–H and O–H groups in total. The van der Waals surface area contributed by atoms with E-state index in [4.69, 9.17) is 4.74 Å². The van der Waals surface area contributed by atoms with E-state index < -0.39 is 5.92 Å². The largest absolute Gasteiger partial charge is 0.378 e. The van der Waals surface area contributed by atoms with Gasteiger partial charge in [-0.2, -0.15) is 0 Å². The molecule has 0 bridgehead atoms. The van der Waals surface area contributed by atoms with E-state index in [1.165, 1.54) is 0 Å². The van der Waals surface area contributed by atoms with Crippen LogP contribution in [0.4, 0.5) is 5.69 Å². The van der Waals surface area contributed by atoms with E-state index >= 15 is 0 Å². The summed E-state index contributed by atoms with van der Waals surface area (Å²) in [4.78, 5) is 27.3. The van der Waals surface area contributed by atoms with Crippen LogP contribution in [0.2, 0.25) is 0 Å². The predicted octanol–water partition coefficient (Wildman–Crippen LogP) is 2.69. The highest BCUT2D eigenvalue weighted by Gasteiger charge is 2.39. The molecule has 1 aliphatic carbocycles. The van der Waals surface area contributed by atoms with Gasteiger partial charge in [-0.1, -0.05) is 36.4 Å². The SMILES string of the molecule is O=C1c2ccccc2C(=O)C1c1ccc(N2CCOCC2)cc1. The summed E-state index contributed by atoms with van der Waals surface area (Å²) in [6.45, 7) is 3.20. The van der Waals surface area contributed by atoms with Crippen molar-refractivity contribution in [3.63, 3.8) is 0 Å². The molecule has 2 aromatic rings. The Kier molecular flexibility index (Phi) is 3.46. The molecule has 0 aromatic heterocycles. The van der Waals surface area contributed by atoms with Crippen LogP contribution < -0.4 is 4.90 Å². The topological polar surface area (TPSA) is 46.6 Å². The Morgan fingerprint density at radius 2 is 1.39 bits per heavy atom. The van der Waals surface area contributed by atoms with E-state index in [0.29, 0.717) is 11.1 Å². The Bertz CT molecular complexity index is 725. The van der Waals surface area contributed by atoms with Crippen molar-refractivity contribution in [3.05, 3.63) is 65.2 Å². The fourth-order valence-electron chi connectivity index (χ4n) is 3.34. The number of rotatable bonds is 2. The summed E-state index contributed by atoms with van der Waals surface area (Å²) in [5.74, 6) is -0.874. The maximum atomic E-state index is 12.5. The molecule has 2 aliphatic rings. The van der Waals surface area contributed by atoms with Crippen LogP contribution in [0, 0.1) is 0 Å². The Morgan fingerprint density at radius 3 is 1.96 bits per heavy atom. The molecule has 0 spiro atoms. The monoisotopic (exact) mass is 307 g/mol. The van der Waals surface area contributed by atoms with Crippen LogP contribution in [0.15, 0.2) is 48.5 Å². The average Bonchev–Trinajstić information content (AvgIpc) is 2.87. The fraction of sp³-hybridized carbons (Fsp3) is 0.263. The lowest BCUT2D eigenvalue weighted by Crippen LogP contribution is -2.36. The van der Waals surface area contributed by atoms with Crippen molar-refractivity contribution in [1.82, 2.24) is 0 Å². The molecule has 1 fully saturated rings. The third-order valence-corrected chi connectivity index (χ3v) is 4.59. The lowest BCUT2D eigenvalue weighted by molar-refractivity contribution is 0.0890. The third-order valence-electron chi connectivity index (χ3n) is 4.59. The average molecular weight is 307 g/mol. The molecule has 0 unspecified atom stereocenters. The van der Waals surface area contributed by atoms with Crippen LogP contribution in [0.3, 0.4) is 0 Å². The second-order valence-corrected chi connectivity index (χ2v) is 5.90. The van der Waals surface area contributed by atoms with Gasteiger partial charge in [-0.15, -0.1) is 0 Å². The van der Waals surface area contributed by atoms with Gasteiger partial charge in [0.1, 0.15) is 5.92 Å². The van der Waals surface area contributed by atoms with Crippen molar-refractivity contribution in [1.29, 1.82) is 0 Å². The number of fused-ring (bicyclic) bond motifs is 1. The second-order valence-electron chi connectivity index (χ2n) is 5.90. The zero-order chi connectivity index (χ0) is 15.8. The summed E-state index contributed by atoms with van der Waals surface area (Å²) in [6.07, 6.45) is 0. The minimum atomic E-state index is -0.689. The Hall–Kier alpha value is -2.46. The first-order valence-electron chi connectivity index (χ1n) is 7.86. The molecular weight excluding hydrogens is 290 g/mol. The van der Waals surface area contributed by atoms with Gasteiger partial charge in [0.15, 0.2) is 11.6 Å². The number of Topliss-reactive ketones (excluding diaryl/α,β-unsaturated/α-hetero) is 2. The van der Waals surface area contributed by atoms with E-state index in [1.54, 1.807) is 24.3 Å². The van der Waals surface area contributed by atoms with Crippen LogP contribution in [0.1, 0.15) is 32.2 Å². The molecule has 1 saturated heterocycles. The molecule has 116 valence electrons. The minimum absolute atomic E-state index is 0.0928. The van der Waals surface area contributed by atoms with Gasteiger partial charge in [0.05, 0.1) is 13.2 Å². The number of hydrogen-bond acceptors (Lipinski definition) is 4. The van der Waals surface area contributed by atoms with E-state index in [2.05, 4.69) is 4.90 Å². The summed E-state index contributed by atoms with van der Waals surface area (Å²) in [5, 5.41) is 0. The molecule has 1 aliphatic heterocycles. The number of anilines is 1. The summed E-state index contributed by atoms with van der Waals surface area (Å²) in [7, 11) is 0. The maximum Gasteiger partial charge on any atom is 0.178 e. The van der Waals surface area contributed by atoms with Gasteiger partial charge in [0.2, 0.25) is 0 Å². The zero-order valence-electron chi connectivity index (χ0n) is 12.7. The molecular formula is C19H17NO3. The molecule has 23 heavy (non-hydrogen) atoms. The number of ether oxygens (including phenoxy) is 1. The van der Waals surface area contributed by atoms with Crippen molar-refractivity contribution in [2.24, 2.45) is 0 Å². The Balaban J connectivity index is 1.62. The lowest BCUT2D eigenvalue weighted by atomic mass is 9.94. The number of hydrogen-bond donors (Lipinski definition) is 0. The zero-order valence-corrected chi connectivity index (χ0v) is 12.7. The van der Waals surface area contributed by atoms with Crippen LogP contribution in [-0.2, 0) is 4.74 Å². The number of benzene rings is 2. The van der Waals surface area contributed by atoms with E-state index in [1.807, 2.05) is 24.3 Å². The van der Waals surface area contributed by atoms with Gasteiger partial charge < -0.3 is 9.64 Å². The predicted molar refractivity (Wildman–Crippen MR) is 87.3 cm³/mol. The molecule has 2 aromatic carbocycles. The van der Waals surface area contributed by atoms with Gasteiger partial charge >= 0.3 is 0 Å². The Labute approximate surface area is 134 Å². The summed E-state index contributed by atoms with van der Waals surface area (Å²) in [5.41, 5.74) is 2.96. The van der Waals surface area contributed by atoms with E-state index in [9.17, 15) is 9.59 Å². The minimum Gasteiger partial charge on any atom is -0.378 e. The van der Waals surface area contributed by atoms with Crippen LogP contribution in [-0.4, -0.2) is 37.9 Å². The maximum absolute atomic E-state index is 12.5. The molecule has 0 atom stereocenters. The first kappa shape index (κ1) is 14.2. The number of carbonyl (C=O) groups excluding carboxylic acids is 2. The number of morpholine rings is 1. The Morgan fingerprint density at radius 1 is 0.826 bits per heavy atom. The van der Waals surface area contributed by atoms with Crippen molar-refractivity contribution in [2.75, 3.05) is 31.2 Å². The highest BCUT2D eigenvalue weighted by Crippen LogP contribution is 2.34. The molecule has 0 radical (unpaired) electrons. The smallest absolute Gasteiger partial charge is 0.178 e. The molecule has 0 amide bonds. The van der Waals surface area contributed by atoms with Gasteiger partial charge in [-0.25, -0.2) is 0 Å². The van der Waals surface area contributed by atoms with Gasteiger partial charge in [-0.3, -0.25) is 9.59 Å². The highest BCUT2D eigenvalue weighted by molar-refractivity contribution is 6.29. The van der Waals surface area contributed by atoms with Crippen LogP contribution >= 0.6 is 0 Å². The molecule has 1 heterocycles. The molecule has 4 nitrogen and oxygen atoms in total. The van der Waals surface area contributed by atoms with Gasteiger partial charge in [0.25, 0.3) is 0 Å².